The predicted molar refractivity (Wildman–Crippen MR) is 292 cm³/mol. The number of rotatable bonds is 6. The van der Waals surface area contributed by atoms with E-state index in [1.165, 1.54) is 24.0 Å². The zero-order chi connectivity index (χ0) is 47.6. The van der Waals surface area contributed by atoms with Crippen molar-refractivity contribution in [2.45, 2.75) is 76.0 Å². The van der Waals surface area contributed by atoms with Crippen molar-refractivity contribution in [2.24, 2.45) is 0 Å². The normalized spacial score (nSPS) is 15.2. The first-order chi connectivity index (χ1) is 35.6. The Bertz CT molecular complexity index is 4050. The summed E-state index contributed by atoms with van der Waals surface area (Å²) in [5.41, 5.74) is 16.4. The Balaban J connectivity index is 1.26. The second-order valence-electron chi connectivity index (χ2n) is 20.5. The van der Waals surface area contributed by atoms with E-state index in [4.69, 9.17) is 8.83 Å². The van der Waals surface area contributed by atoms with Crippen LogP contribution in [0.1, 0.15) is 87.2 Å². The SMILES string of the molecule is Fc1ccc(-c2c(C3CCCCC3)c(-c3ccc(F)cc3)c(-n3c4ccccc4c4ccc5c6ccccc6oc5c43)c(C3CCCCC3)c2-n2c3ccccc3c3ccc4c5ccccc5oc4c32)cc1. The highest BCUT2D eigenvalue weighted by molar-refractivity contribution is 6.24. The molecule has 0 unspecified atom stereocenters. The molecule has 2 aliphatic rings. The van der Waals surface area contributed by atoms with Crippen LogP contribution in [0.4, 0.5) is 8.78 Å². The molecular formula is C66H50F2N2O2. The van der Waals surface area contributed by atoms with Gasteiger partial charge in [0.1, 0.15) is 22.8 Å². The molecule has 0 N–H and O–H groups in total. The minimum absolute atomic E-state index is 0.111. The van der Waals surface area contributed by atoms with Gasteiger partial charge in [0.05, 0.1) is 33.4 Å². The molecule has 6 heteroatoms. The van der Waals surface area contributed by atoms with Gasteiger partial charge in [0.15, 0.2) is 11.2 Å². The van der Waals surface area contributed by atoms with Gasteiger partial charge >= 0.3 is 0 Å². The van der Waals surface area contributed by atoms with E-state index in [-0.39, 0.29) is 23.5 Å². The fraction of sp³-hybridized carbons (Fsp3) is 0.182. The molecule has 4 aromatic heterocycles. The summed E-state index contributed by atoms with van der Waals surface area (Å²) < 4.78 is 50.5. The van der Waals surface area contributed by atoms with Crippen molar-refractivity contribution >= 4 is 87.5 Å². The maximum Gasteiger partial charge on any atom is 0.160 e. The lowest BCUT2D eigenvalue weighted by Crippen LogP contribution is -2.19. The third-order valence-corrected chi connectivity index (χ3v) is 16.6. The molecule has 2 saturated carbocycles. The largest absolute Gasteiger partial charge is 0.454 e. The molecule has 0 spiro atoms. The maximum atomic E-state index is 15.6. The maximum absolute atomic E-state index is 15.6. The second kappa shape index (κ2) is 16.3. The van der Waals surface area contributed by atoms with Gasteiger partial charge in [0.25, 0.3) is 0 Å². The molecular weight excluding hydrogens is 891 g/mol. The summed E-state index contributed by atoms with van der Waals surface area (Å²) in [5.74, 6) is -0.304. The Morgan fingerprint density at radius 2 is 0.722 bits per heavy atom. The average Bonchev–Trinajstić information content (AvgIpc) is 4.19. The Kier molecular flexibility index (Phi) is 9.46. The van der Waals surface area contributed by atoms with Gasteiger partial charge in [0.2, 0.25) is 0 Å². The summed E-state index contributed by atoms with van der Waals surface area (Å²) in [4.78, 5) is 0. The van der Waals surface area contributed by atoms with Crippen molar-refractivity contribution in [3.05, 3.63) is 193 Å². The average molecular weight is 941 g/mol. The molecule has 9 aromatic carbocycles. The lowest BCUT2D eigenvalue weighted by atomic mass is 9.72. The van der Waals surface area contributed by atoms with Crippen LogP contribution in [-0.2, 0) is 0 Å². The van der Waals surface area contributed by atoms with Crippen LogP contribution < -0.4 is 0 Å². The molecule has 0 atom stereocenters. The first kappa shape index (κ1) is 41.8. The number of furan rings is 2. The Labute approximate surface area is 414 Å². The number of aromatic nitrogens is 2. The zero-order valence-corrected chi connectivity index (χ0v) is 39.9. The monoisotopic (exact) mass is 940 g/mol. The molecule has 2 fully saturated rings. The van der Waals surface area contributed by atoms with Gasteiger partial charge in [-0.05, 0) is 115 Å². The molecule has 0 radical (unpaired) electrons. The van der Waals surface area contributed by atoms with Gasteiger partial charge in [-0.15, -0.1) is 0 Å². The van der Waals surface area contributed by atoms with E-state index in [0.717, 1.165) is 172 Å². The van der Waals surface area contributed by atoms with Crippen molar-refractivity contribution in [3.63, 3.8) is 0 Å². The molecule has 0 aliphatic heterocycles. The number of fused-ring (bicyclic) bond motifs is 14. The van der Waals surface area contributed by atoms with Crippen LogP contribution >= 0.6 is 0 Å². The van der Waals surface area contributed by atoms with Crippen molar-refractivity contribution < 1.29 is 17.6 Å². The van der Waals surface area contributed by atoms with Gasteiger partial charge in [0, 0.05) is 59.8 Å². The van der Waals surface area contributed by atoms with Crippen LogP contribution in [0.2, 0.25) is 0 Å². The number of halogens is 2. The fourth-order valence-electron chi connectivity index (χ4n) is 13.5. The second-order valence-corrected chi connectivity index (χ2v) is 20.5. The van der Waals surface area contributed by atoms with Crippen LogP contribution in [0.15, 0.2) is 179 Å². The van der Waals surface area contributed by atoms with Gasteiger partial charge in [-0.25, -0.2) is 8.78 Å². The lowest BCUT2D eigenvalue weighted by Gasteiger charge is -2.36. The van der Waals surface area contributed by atoms with Crippen LogP contribution in [0.5, 0.6) is 0 Å². The van der Waals surface area contributed by atoms with Crippen molar-refractivity contribution in [2.75, 3.05) is 0 Å². The minimum Gasteiger partial charge on any atom is -0.454 e. The van der Waals surface area contributed by atoms with E-state index in [1.54, 1.807) is 24.3 Å². The minimum atomic E-state index is -0.275. The highest BCUT2D eigenvalue weighted by Crippen LogP contribution is 2.57. The standard InChI is InChI=1S/C66H50F2N2O2/c67-43-31-27-41(28-32-43)58-57(39-15-3-1-4-16-39)59(42-29-33-44(68)34-30-42)64(70-54-24-12-8-20-46(54)50-36-38-52-48-22-10-14-26-56(48)72-66(52)62(50)70)60(40-17-5-2-6-18-40)63(58)69-53-23-11-7-19-45(53)49-35-37-51-47-21-9-13-25-55(47)71-65(51)61(49)69/h7-14,19-40H,1-6,15-18H2. The number of para-hydroxylation sites is 4. The highest BCUT2D eigenvalue weighted by Gasteiger charge is 2.38. The van der Waals surface area contributed by atoms with Crippen LogP contribution in [-0.4, -0.2) is 9.13 Å². The Morgan fingerprint density at radius 3 is 1.17 bits per heavy atom. The van der Waals surface area contributed by atoms with Crippen molar-refractivity contribution in [1.82, 2.24) is 9.13 Å². The summed E-state index contributed by atoms with van der Waals surface area (Å²) in [6.45, 7) is 0. The number of benzene rings is 9. The number of hydrogen-bond donors (Lipinski definition) is 0. The summed E-state index contributed by atoms with van der Waals surface area (Å²) in [6, 6.07) is 58.0. The van der Waals surface area contributed by atoms with E-state index in [2.05, 4.69) is 118 Å². The van der Waals surface area contributed by atoms with E-state index in [0.29, 0.717) is 0 Å². The van der Waals surface area contributed by atoms with Crippen LogP contribution in [0.25, 0.3) is 121 Å². The Hall–Kier alpha value is -7.96. The number of hydrogen-bond acceptors (Lipinski definition) is 2. The topological polar surface area (TPSA) is 36.1 Å². The van der Waals surface area contributed by atoms with Gasteiger partial charge < -0.3 is 18.0 Å². The smallest absolute Gasteiger partial charge is 0.160 e. The van der Waals surface area contributed by atoms with Crippen LogP contribution in [0, 0.1) is 11.6 Å². The number of nitrogens with zero attached hydrogens (tertiary/aromatic N) is 2. The summed E-state index contributed by atoms with van der Waals surface area (Å²) >= 11 is 0. The lowest BCUT2D eigenvalue weighted by molar-refractivity contribution is 0.439. The molecule has 2 aliphatic carbocycles. The molecule has 0 saturated heterocycles. The van der Waals surface area contributed by atoms with Crippen molar-refractivity contribution in [1.29, 1.82) is 0 Å². The summed E-state index contributed by atoms with van der Waals surface area (Å²) in [5, 5.41) is 8.78. The van der Waals surface area contributed by atoms with E-state index >= 15 is 8.78 Å². The fourth-order valence-corrected chi connectivity index (χ4v) is 13.5. The van der Waals surface area contributed by atoms with Gasteiger partial charge in [-0.1, -0.05) is 148 Å². The van der Waals surface area contributed by atoms with Gasteiger partial charge in [-0.2, -0.15) is 0 Å². The molecule has 350 valence electrons. The summed E-state index contributed by atoms with van der Waals surface area (Å²) in [7, 11) is 0. The first-order valence-electron chi connectivity index (χ1n) is 26.0. The van der Waals surface area contributed by atoms with E-state index in [1.807, 2.05) is 36.4 Å². The summed E-state index contributed by atoms with van der Waals surface area (Å²) in [6.07, 6.45) is 10.7. The van der Waals surface area contributed by atoms with E-state index < -0.39 is 0 Å². The highest BCUT2D eigenvalue weighted by atomic mass is 19.1. The molecule has 4 heterocycles. The predicted octanol–water partition coefficient (Wildman–Crippen LogP) is 19.4. The van der Waals surface area contributed by atoms with Gasteiger partial charge in [-0.3, -0.25) is 0 Å². The third kappa shape index (κ3) is 6.14. The molecule has 15 rings (SSSR count). The van der Waals surface area contributed by atoms with Crippen molar-refractivity contribution in [3.8, 4) is 33.6 Å². The zero-order valence-electron chi connectivity index (χ0n) is 39.9. The van der Waals surface area contributed by atoms with E-state index in [9.17, 15) is 0 Å². The molecule has 0 amide bonds. The third-order valence-electron chi connectivity index (χ3n) is 16.6. The molecule has 4 nitrogen and oxygen atoms in total. The molecule has 0 bridgehead atoms. The first-order valence-corrected chi connectivity index (χ1v) is 26.0. The molecule has 72 heavy (non-hydrogen) atoms. The molecule has 13 aromatic rings. The van der Waals surface area contributed by atoms with Crippen LogP contribution in [0.3, 0.4) is 0 Å². The Morgan fingerprint density at radius 1 is 0.347 bits per heavy atom. The quantitative estimate of drug-likeness (QED) is 0.167.